The van der Waals surface area contributed by atoms with Crippen molar-refractivity contribution in [2.24, 2.45) is 11.5 Å². The molecule has 0 heterocycles. The Bertz CT molecular complexity index is 149. The molecular formula is C12H28N2O2. The van der Waals surface area contributed by atoms with Crippen LogP contribution in [0.3, 0.4) is 0 Å². The van der Waals surface area contributed by atoms with Gasteiger partial charge in [0.1, 0.15) is 0 Å². The van der Waals surface area contributed by atoms with E-state index in [-0.39, 0.29) is 12.1 Å². The maximum atomic E-state index is 9.67. The van der Waals surface area contributed by atoms with Gasteiger partial charge in [-0.15, -0.1) is 0 Å². The van der Waals surface area contributed by atoms with Gasteiger partial charge in [0.15, 0.2) is 0 Å². The molecule has 0 aromatic rings. The van der Waals surface area contributed by atoms with Gasteiger partial charge in [0.25, 0.3) is 0 Å². The lowest BCUT2D eigenvalue weighted by Crippen LogP contribution is -2.28. The summed E-state index contributed by atoms with van der Waals surface area (Å²) in [5.41, 5.74) is 11.5. The average molecular weight is 232 g/mol. The average Bonchev–Trinajstić information content (AvgIpc) is 2.26. The topological polar surface area (TPSA) is 92.5 Å². The van der Waals surface area contributed by atoms with Gasteiger partial charge in [-0.3, -0.25) is 0 Å². The second-order valence-corrected chi connectivity index (χ2v) is 4.69. The van der Waals surface area contributed by atoms with E-state index < -0.39 is 12.2 Å². The van der Waals surface area contributed by atoms with Crippen molar-refractivity contribution >= 4 is 0 Å². The van der Waals surface area contributed by atoms with Crippen LogP contribution in [0.4, 0.5) is 0 Å². The lowest BCUT2D eigenvalue weighted by Gasteiger charge is -2.18. The number of nitrogens with two attached hydrogens (primary N) is 2. The molecule has 0 fully saturated rings. The predicted octanol–water partition coefficient (Wildman–Crippen LogP) is 0.743. The van der Waals surface area contributed by atoms with E-state index >= 15 is 0 Å². The Balaban J connectivity index is 3.62. The van der Waals surface area contributed by atoms with Crippen molar-refractivity contribution in [3.8, 4) is 0 Å². The molecule has 16 heavy (non-hydrogen) atoms. The maximum Gasteiger partial charge on any atom is 0.0556 e. The number of aliphatic hydroxyl groups is 2. The zero-order valence-electron chi connectivity index (χ0n) is 10.6. The van der Waals surface area contributed by atoms with Crippen LogP contribution >= 0.6 is 0 Å². The van der Waals surface area contributed by atoms with Crippen LogP contribution in [0.2, 0.25) is 0 Å². The molecule has 4 unspecified atom stereocenters. The van der Waals surface area contributed by atoms with E-state index in [1.807, 2.05) is 13.8 Å². The standard InChI is InChI=1S/C12H28N2O2/c1-3-9(13)7-11(15)5-6-12(16)8-10(14)4-2/h9-12,15-16H,3-8,13-14H2,1-2H3. The minimum Gasteiger partial charge on any atom is -0.393 e. The molecule has 0 radical (unpaired) electrons. The molecule has 0 rings (SSSR count). The molecule has 0 aliphatic rings. The monoisotopic (exact) mass is 232 g/mol. The lowest BCUT2D eigenvalue weighted by atomic mass is 9.99. The summed E-state index contributed by atoms with van der Waals surface area (Å²) in [4.78, 5) is 0. The van der Waals surface area contributed by atoms with Crippen LogP contribution in [0.15, 0.2) is 0 Å². The Hall–Kier alpha value is -0.160. The second-order valence-electron chi connectivity index (χ2n) is 4.69. The van der Waals surface area contributed by atoms with Crippen molar-refractivity contribution in [1.82, 2.24) is 0 Å². The van der Waals surface area contributed by atoms with Crippen LogP contribution in [0.5, 0.6) is 0 Å². The third-order valence-electron chi connectivity index (χ3n) is 3.03. The molecule has 0 aromatic carbocycles. The summed E-state index contributed by atoms with van der Waals surface area (Å²) in [5, 5.41) is 19.3. The van der Waals surface area contributed by atoms with Crippen molar-refractivity contribution in [3.63, 3.8) is 0 Å². The Morgan fingerprint density at radius 1 is 0.812 bits per heavy atom. The fourth-order valence-electron chi connectivity index (χ4n) is 1.65. The van der Waals surface area contributed by atoms with E-state index in [0.717, 1.165) is 12.8 Å². The van der Waals surface area contributed by atoms with Gasteiger partial charge >= 0.3 is 0 Å². The molecule has 6 N–H and O–H groups in total. The highest BCUT2D eigenvalue weighted by Gasteiger charge is 2.13. The maximum absolute atomic E-state index is 9.67. The summed E-state index contributed by atoms with van der Waals surface area (Å²) in [6, 6.07) is 0.120. The van der Waals surface area contributed by atoms with Crippen molar-refractivity contribution in [3.05, 3.63) is 0 Å². The molecule has 0 saturated heterocycles. The Labute approximate surface area is 99.0 Å². The molecule has 4 nitrogen and oxygen atoms in total. The third-order valence-corrected chi connectivity index (χ3v) is 3.03. The minimum absolute atomic E-state index is 0.0602. The van der Waals surface area contributed by atoms with Gasteiger partial charge in [-0.25, -0.2) is 0 Å². The zero-order chi connectivity index (χ0) is 12.6. The molecule has 0 aromatic heterocycles. The van der Waals surface area contributed by atoms with Crippen LogP contribution in [0.25, 0.3) is 0 Å². The fourth-order valence-corrected chi connectivity index (χ4v) is 1.65. The predicted molar refractivity (Wildman–Crippen MR) is 67.0 cm³/mol. The summed E-state index contributed by atoms with van der Waals surface area (Å²) < 4.78 is 0. The van der Waals surface area contributed by atoms with Crippen molar-refractivity contribution in [2.75, 3.05) is 0 Å². The first-order valence-corrected chi connectivity index (χ1v) is 6.36. The molecule has 0 saturated carbocycles. The summed E-state index contributed by atoms with van der Waals surface area (Å²) in [6.07, 6.45) is 3.38. The van der Waals surface area contributed by atoms with Gasteiger partial charge in [-0.05, 0) is 38.5 Å². The summed E-state index contributed by atoms with van der Waals surface area (Å²) >= 11 is 0. The number of hydrogen-bond donors (Lipinski definition) is 4. The number of aliphatic hydroxyl groups excluding tert-OH is 2. The van der Waals surface area contributed by atoms with Crippen LogP contribution in [-0.2, 0) is 0 Å². The second kappa shape index (κ2) is 8.93. The van der Waals surface area contributed by atoms with Gasteiger partial charge in [-0.2, -0.15) is 0 Å². The Kier molecular flexibility index (Phi) is 8.84. The van der Waals surface area contributed by atoms with E-state index in [1.54, 1.807) is 0 Å². The SMILES string of the molecule is CCC(N)CC(O)CCC(O)CC(N)CC. The zero-order valence-corrected chi connectivity index (χ0v) is 10.6. The summed E-state index contributed by atoms with van der Waals surface area (Å²) in [6.45, 7) is 4.01. The van der Waals surface area contributed by atoms with Gasteiger partial charge in [-0.1, -0.05) is 13.8 Å². The lowest BCUT2D eigenvalue weighted by molar-refractivity contribution is 0.0960. The molecule has 98 valence electrons. The van der Waals surface area contributed by atoms with Gasteiger partial charge < -0.3 is 21.7 Å². The highest BCUT2D eigenvalue weighted by atomic mass is 16.3. The third kappa shape index (κ3) is 8.05. The van der Waals surface area contributed by atoms with Gasteiger partial charge in [0.05, 0.1) is 12.2 Å². The molecule has 0 bridgehead atoms. The van der Waals surface area contributed by atoms with E-state index in [4.69, 9.17) is 11.5 Å². The Morgan fingerprint density at radius 2 is 1.12 bits per heavy atom. The summed E-state index contributed by atoms with van der Waals surface area (Å²) in [5.74, 6) is 0. The molecular weight excluding hydrogens is 204 g/mol. The van der Waals surface area contributed by atoms with Crippen molar-refractivity contribution in [2.45, 2.75) is 76.7 Å². The first-order valence-electron chi connectivity index (χ1n) is 6.36. The van der Waals surface area contributed by atoms with Gasteiger partial charge in [0, 0.05) is 12.1 Å². The van der Waals surface area contributed by atoms with E-state index in [9.17, 15) is 10.2 Å². The van der Waals surface area contributed by atoms with Crippen LogP contribution in [0, 0.1) is 0 Å². The van der Waals surface area contributed by atoms with Crippen LogP contribution in [-0.4, -0.2) is 34.5 Å². The number of hydrogen-bond acceptors (Lipinski definition) is 4. The Morgan fingerprint density at radius 3 is 1.38 bits per heavy atom. The van der Waals surface area contributed by atoms with E-state index in [0.29, 0.717) is 25.7 Å². The van der Waals surface area contributed by atoms with Crippen LogP contribution < -0.4 is 11.5 Å². The van der Waals surface area contributed by atoms with Crippen molar-refractivity contribution in [1.29, 1.82) is 0 Å². The number of rotatable bonds is 9. The normalized spacial score (nSPS) is 19.1. The minimum atomic E-state index is -0.401. The largest absolute Gasteiger partial charge is 0.393 e. The highest BCUT2D eigenvalue weighted by Crippen LogP contribution is 2.11. The van der Waals surface area contributed by atoms with Gasteiger partial charge in [0.2, 0.25) is 0 Å². The quantitative estimate of drug-likeness (QED) is 0.472. The smallest absolute Gasteiger partial charge is 0.0556 e. The molecule has 0 spiro atoms. The first-order chi connectivity index (χ1) is 7.49. The van der Waals surface area contributed by atoms with Crippen LogP contribution in [0.1, 0.15) is 52.4 Å². The van der Waals surface area contributed by atoms with E-state index in [2.05, 4.69) is 0 Å². The molecule has 4 heteroatoms. The molecule has 0 aliphatic heterocycles. The molecule has 0 aliphatic carbocycles. The first kappa shape index (κ1) is 15.8. The molecule has 0 amide bonds. The molecule has 4 atom stereocenters. The van der Waals surface area contributed by atoms with Crippen molar-refractivity contribution < 1.29 is 10.2 Å². The highest BCUT2D eigenvalue weighted by molar-refractivity contribution is 4.70. The summed E-state index contributed by atoms with van der Waals surface area (Å²) in [7, 11) is 0. The van der Waals surface area contributed by atoms with E-state index in [1.165, 1.54) is 0 Å². The fraction of sp³-hybridized carbons (Fsp3) is 1.00.